The smallest absolute Gasteiger partial charge is 0.280 e. The third kappa shape index (κ3) is 5.10. The number of hydrogen-bond acceptors (Lipinski definition) is 2. The first kappa shape index (κ1) is 23.4. The second-order valence-electron chi connectivity index (χ2n) is 9.32. The van der Waals surface area contributed by atoms with Gasteiger partial charge in [-0.1, -0.05) is 37.8 Å². The van der Waals surface area contributed by atoms with Gasteiger partial charge >= 0.3 is 0 Å². The molecule has 2 aromatic carbocycles. The summed E-state index contributed by atoms with van der Waals surface area (Å²) >= 11 is 0. The van der Waals surface area contributed by atoms with Crippen LogP contribution in [-0.4, -0.2) is 18.0 Å². The highest BCUT2D eigenvalue weighted by molar-refractivity contribution is 5.96. The molecule has 2 aliphatic carbocycles. The maximum Gasteiger partial charge on any atom is 0.280 e. The second-order valence-corrected chi connectivity index (χ2v) is 9.32. The maximum atomic E-state index is 15.4. The van der Waals surface area contributed by atoms with Crippen molar-refractivity contribution in [1.82, 2.24) is 5.32 Å². The lowest BCUT2D eigenvalue weighted by molar-refractivity contribution is -0.119. The lowest BCUT2D eigenvalue weighted by atomic mass is 9.92. The van der Waals surface area contributed by atoms with Gasteiger partial charge in [-0.2, -0.15) is 0 Å². The van der Waals surface area contributed by atoms with Gasteiger partial charge in [0.15, 0.2) is 5.83 Å². The molecule has 6 heteroatoms. The van der Waals surface area contributed by atoms with Crippen molar-refractivity contribution in [3.63, 3.8) is 0 Å². The highest BCUT2D eigenvalue weighted by atomic mass is 19.1. The zero-order valence-electron chi connectivity index (χ0n) is 19.2. The summed E-state index contributed by atoms with van der Waals surface area (Å²) in [6.07, 6.45) is 9.15. The molecule has 0 saturated heterocycles. The number of halogens is 3. The van der Waals surface area contributed by atoms with E-state index in [0.29, 0.717) is 11.6 Å². The van der Waals surface area contributed by atoms with Crippen molar-refractivity contribution in [3.05, 3.63) is 58.4 Å². The summed E-state index contributed by atoms with van der Waals surface area (Å²) in [5.74, 6) is -3.33. The topological polar surface area (TPSA) is 41.1 Å². The zero-order chi connectivity index (χ0) is 23.5. The van der Waals surface area contributed by atoms with Crippen LogP contribution < -0.4 is 10.6 Å². The Hall–Kier alpha value is -2.76. The van der Waals surface area contributed by atoms with E-state index in [1.807, 2.05) is 12.1 Å². The predicted molar refractivity (Wildman–Crippen MR) is 127 cm³/mol. The Labute approximate surface area is 193 Å². The van der Waals surface area contributed by atoms with Crippen LogP contribution in [0.5, 0.6) is 0 Å². The molecule has 33 heavy (non-hydrogen) atoms. The van der Waals surface area contributed by atoms with Gasteiger partial charge in [0.2, 0.25) is 0 Å². The van der Waals surface area contributed by atoms with Crippen LogP contribution in [0.3, 0.4) is 0 Å². The quantitative estimate of drug-likeness (QED) is 0.461. The Kier molecular flexibility index (Phi) is 7.11. The van der Waals surface area contributed by atoms with Crippen molar-refractivity contribution in [1.29, 1.82) is 0 Å². The summed E-state index contributed by atoms with van der Waals surface area (Å²) in [6, 6.07) is 7.69. The van der Waals surface area contributed by atoms with E-state index in [2.05, 4.69) is 10.6 Å². The Bertz CT molecular complexity index is 1020. The molecule has 0 spiro atoms. The summed E-state index contributed by atoms with van der Waals surface area (Å²) in [5, 5.41) is 6.11. The number of carbonyl (C=O) groups is 1. The number of amides is 1. The van der Waals surface area contributed by atoms with E-state index in [1.165, 1.54) is 26.7 Å². The maximum absolute atomic E-state index is 15.4. The molecule has 1 amide bonds. The van der Waals surface area contributed by atoms with Gasteiger partial charge in [0.25, 0.3) is 5.91 Å². The molecule has 0 atom stereocenters. The SMILES string of the molecule is Cc1c(F)c(-c2ccc(NC3CCCC3)cc2)c(C)c(F)c1/C=C(\F)C(=O)NC1CCCC1. The van der Waals surface area contributed by atoms with E-state index in [-0.39, 0.29) is 28.3 Å². The highest BCUT2D eigenvalue weighted by Crippen LogP contribution is 2.35. The van der Waals surface area contributed by atoms with E-state index in [4.69, 9.17) is 0 Å². The molecule has 3 nitrogen and oxygen atoms in total. The van der Waals surface area contributed by atoms with Crippen molar-refractivity contribution in [2.45, 2.75) is 77.3 Å². The van der Waals surface area contributed by atoms with Gasteiger partial charge in [-0.25, -0.2) is 13.2 Å². The number of benzene rings is 2. The normalized spacial score (nSPS) is 17.5. The minimum atomic E-state index is -1.11. The molecule has 2 fully saturated rings. The molecular formula is C27H31F3N2O. The van der Waals surface area contributed by atoms with Gasteiger partial charge in [0.1, 0.15) is 11.6 Å². The van der Waals surface area contributed by atoms with Crippen LogP contribution >= 0.6 is 0 Å². The first-order chi connectivity index (χ1) is 15.8. The molecule has 2 aromatic rings. The number of anilines is 1. The minimum Gasteiger partial charge on any atom is -0.382 e. The Morgan fingerprint density at radius 2 is 1.45 bits per heavy atom. The van der Waals surface area contributed by atoms with Crippen LogP contribution in [0.1, 0.15) is 68.1 Å². The number of hydrogen-bond donors (Lipinski definition) is 2. The fourth-order valence-corrected chi connectivity index (χ4v) is 5.02. The lowest BCUT2D eigenvalue weighted by Gasteiger charge is -2.17. The van der Waals surface area contributed by atoms with Crippen LogP contribution in [0.15, 0.2) is 30.1 Å². The Morgan fingerprint density at radius 1 is 0.879 bits per heavy atom. The van der Waals surface area contributed by atoms with Crippen molar-refractivity contribution in [3.8, 4) is 11.1 Å². The van der Waals surface area contributed by atoms with Crippen LogP contribution in [-0.2, 0) is 4.79 Å². The molecule has 0 bridgehead atoms. The van der Waals surface area contributed by atoms with Gasteiger partial charge in [-0.3, -0.25) is 4.79 Å². The largest absolute Gasteiger partial charge is 0.382 e. The Morgan fingerprint density at radius 3 is 2.06 bits per heavy atom. The molecule has 176 valence electrons. The molecule has 4 rings (SSSR count). The van der Waals surface area contributed by atoms with Crippen molar-refractivity contribution in [2.75, 3.05) is 5.32 Å². The fourth-order valence-electron chi connectivity index (χ4n) is 5.02. The number of carbonyl (C=O) groups excluding carboxylic acids is 1. The third-order valence-electron chi connectivity index (χ3n) is 6.97. The van der Waals surface area contributed by atoms with E-state index in [0.717, 1.165) is 50.3 Å². The van der Waals surface area contributed by atoms with Crippen LogP contribution in [0, 0.1) is 25.5 Å². The summed E-state index contributed by atoms with van der Waals surface area (Å²) in [7, 11) is 0. The average molecular weight is 457 g/mol. The second kappa shape index (κ2) is 10.0. The van der Waals surface area contributed by atoms with E-state index < -0.39 is 23.4 Å². The van der Waals surface area contributed by atoms with Gasteiger partial charge in [0.05, 0.1) is 0 Å². The van der Waals surface area contributed by atoms with E-state index in [9.17, 15) is 9.18 Å². The third-order valence-corrected chi connectivity index (χ3v) is 6.97. The number of nitrogens with one attached hydrogen (secondary N) is 2. The average Bonchev–Trinajstić information content (AvgIpc) is 3.51. The van der Waals surface area contributed by atoms with Crippen LogP contribution in [0.4, 0.5) is 18.9 Å². The molecule has 2 aliphatic rings. The zero-order valence-corrected chi connectivity index (χ0v) is 19.2. The monoisotopic (exact) mass is 456 g/mol. The molecule has 2 saturated carbocycles. The summed E-state index contributed by atoms with van der Waals surface area (Å²) in [5.41, 5.74) is 1.50. The van der Waals surface area contributed by atoms with Gasteiger partial charge < -0.3 is 10.6 Å². The van der Waals surface area contributed by atoms with E-state index in [1.54, 1.807) is 12.1 Å². The molecule has 2 N–H and O–H groups in total. The first-order valence-electron chi connectivity index (χ1n) is 11.9. The summed E-state index contributed by atoms with van der Waals surface area (Å²) in [6.45, 7) is 2.89. The summed E-state index contributed by atoms with van der Waals surface area (Å²) in [4.78, 5) is 12.2. The fraction of sp³-hybridized carbons (Fsp3) is 0.444. The molecule has 0 unspecified atom stereocenters. The van der Waals surface area contributed by atoms with Crippen molar-refractivity contribution < 1.29 is 18.0 Å². The predicted octanol–water partition coefficient (Wildman–Crippen LogP) is 6.97. The van der Waals surface area contributed by atoms with Crippen molar-refractivity contribution >= 4 is 17.7 Å². The minimum absolute atomic E-state index is 0.0231. The van der Waals surface area contributed by atoms with Gasteiger partial charge in [-0.05, 0) is 74.4 Å². The molecule has 0 radical (unpaired) electrons. The van der Waals surface area contributed by atoms with Gasteiger partial charge in [0, 0.05) is 28.9 Å². The van der Waals surface area contributed by atoms with Gasteiger partial charge in [-0.15, -0.1) is 0 Å². The first-order valence-corrected chi connectivity index (χ1v) is 11.9. The lowest BCUT2D eigenvalue weighted by Crippen LogP contribution is -2.32. The van der Waals surface area contributed by atoms with Crippen molar-refractivity contribution in [2.24, 2.45) is 0 Å². The molecular weight excluding hydrogens is 425 g/mol. The van der Waals surface area contributed by atoms with Crippen LogP contribution in [0.2, 0.25) is 0 Å². The van der Waals surface area contributed by atoms with Crippen LogP contribution in [0.25, 0.3) is 17.2 Å². The number of rotatable bonds is 6. The molecule has 0 aliphatic heterocycles. The molecule has 0 aromatic heterocycles. The molecule has 0 heterocycles. The highest BCUT2D eigenvalue weighted by Gasteiger charge is 2.23. The van der Waals surface area contributed by atoms with E-state index >= 15 is 8.78 Å². The summed E-state index contributed by atoms with van der Waals surface area (Å²) < 4.78 is 45.2. The Balaban J connectivity index is 1.59. The standard InChI is InChI=1S/C27H31F3N2O/c1-16-22(15-23(28)27(33)32-20-9-5-6-10-20)25(29)17(2)24(26(16)30)18-11-13-21(14-12-18)31-19-7-3-4-8-19/h11-15,19-20,31H,3-10H2,1-2H3,(H,32,33)/b23-15-.